The standard InChI is InChI=1S/C13H13ClFN3O2/c1-5-9(14)10(15)6(2)17-11(5)8(7-3-4-7)12(19)18(16)13(17)20/h7H,3-4,16H2,1-2H3. The second-order valence-electron chi connectivity index (χ2n) is 5.17. The predicted octanol–water partition coefficient (Wildman–Crippen LogP) is 1.46. The molecular formula is C13H13ClFN3O2. The van der Waals surface area contributed by atoms with Crippen LogP contribution in [0.5, 0.6) is 0 Å². The van der Waals surface area contributed by atoms with Gasteiger partial charge in [-0.1, -0.05) is 11.6 Å². The third kappa shape index (κ3) is 1.54. The fraction of sp³-hybridized carbons (Fsp3) is 0.385. The number of nitrogens with zero attached hydrogens (tertiary/aromatic N) is 2. The normalized spacial score (nSPS) is 15.0. The Hall–Kier alpha value is -1.82. The van der Waals surface area contributed by atoms with Crippen molar-refractivity contribution in [3.05, 3.63) is 48.5 Å². The summed E-state index contributed by atoms with van der Waals surface area (Å²) in [7, 11) is 0. The van der Waals surface area contributed by atoms with E-state index in [1.807, 2.05) is 0 Å². The molecule has 0 unspecified atom stereocenters. The van der Waals surface area contributed by atoms with Crippen LogP contribution in [0, 0.1) is 19.7 Å². The molecule has 1 saturated carbocycles. The summed E-state index contributed by atoms with van der Waals surface area (Å²) in [6.45, 7) is 3.04. The average molecular weight is 298 g/mol. The third-order valence-electron chi connectivity index (χ3n) is 3.84. The van der Waals surface area contributed by atoms with Crippen LogP contribution in [0.25, 0.3) is 5.52 Å². The van der Waals surface area contributed by atoms with Gasteiger partial charge in [0, 0.05) is 5.56 Å². The number of rotatable bonds is 1. The fourth-order valence-electron chi connectivity index (χ4n) is 2.59. The zero-order chi connectivity index (χ0) is 14.8. The Morgan fingerprint density at radius 2 is 1.90 bits per heavy atom. The zero-order valence-electron chi connectivity index (χ0n) is 11.0. The van der Waals surface area contributed by atoms with Crippen LogP contribution < -0.4 is 17.1 Å². The van der Waals surface area contributed by atoms with E-state index in [0.717, 1.165) is 17.2 Å². The van der Waals surface area contributed by atoms with Gasteiger partial charge in [0.1, 0.15) is 0 Å². The van der Waals surface area contributed by atoms with Gasteiger partial charge in [0.25, 0.3) is 5.56 Å². The molecule has 1 fully saturated rings. The van der Waals surface area contributed by atoms with Crippen LogP contribution in [0.4, 0.5) is 4.39 Å². The van der Waals surface area contributed by atoms with Crippen LogP contribution >= 0.6 is 11.6 Å². The largest absolute Gasteiger partial charge is 0.354 e. The molecule has 1 aliphatic rings. The number of nitrogens with two attached hydrogens (primary N) is 1. The first kappa shape index (κ1) is 13.2. The van der Waals surface area contributed by atoms with Crippen LogP contribution in [0.1, 0.15) is 35.6 Å². The van der Waals surface area contributed by atoms with Crippen LogP contribution in [-0.2, 0) is 0 Å². The third-order valence-corrected chi connectivity index (χ3v) is 4.29. The van der Waals surface area contributed by atoms with Gasteiger partial charge in [0.15, 0.2) is 5.82 Å². The molecule has 106 valence electrons. The Morgan fingerprint density at radius 1 is 1.30 bits per heavy atom. The van der Waals surface area contributed by atoms with Crippen molar-refractivity contribution in [2.75, 3.05) is 5.84 Å². The second kappa shape index (κ2) is 4.09. The highest BCUT2D eigenvalue weighted by atomic mass is 35.5. The van der Waals surface area contributed by atoms with Gasteiger partial charge in [-0.15, -0.1) is 0 Å². The van der Waals surface area contributed by atoms with Crippen molar-refractivity contribution in [2.45, 2.75) is 32.6 Å². The minimum absolute atomic E-state index is 0.0571. The first-order valence-electron chi connectivity index (χ1n) is 6.27. The molecule has 0 aromatic carbocycles. The Balaban J connectivity index is 2.69. The van der Waals surface area contributed by atoms with E-state index in [4.69, 9.17) is 17.4 Å². The molecule has 2 aromatic heterocycles. The van der Waals surface area contributed by atoms with Crippen molar-refractivity contribution in [3.8, 4) is 0 Å². The molecule has 2 N–H and O–H groups in total. The fourth-order valence-corrected chi connectivity index (χ4v) is 2.81. The maximum absolute atomic E-state index is 14.1. The number of aryl methyl sites for hydroxylation is 2. The van der Waals surface area contributed by atoms with Crippen molar-refractivity contribution in [2.24, 2.45) is 0 Å². The Kier molecular flexibility index (Phi) is 2.69. The van der Waals surface area contributed by atoms with E-state index in [0.29, 0.717) is 21.3 Å². The maximum atomic E-state index is 14.1. The molecule has 0 bridgehead atoms. The minimum atomic E-state index is -0.759. The van der Waals surface area contributed by atoms with Crippen LogP contribution in [-0.4, -0.2) is 9.08 Å². The molecule has 0 saturated heterocycles. The number of fused-ring (bicyclic) bond motifs is 1. The van der Waals surface area contributed by atoms with Gasteiger partial charge in [-0.2, -0.15) is 4.68 Å². The topological polar surface area (TPSA) is 69.5 Å². The van der Waals surface area contributed by atoms with E-state index in [1.54, 1.807) is 6.92 Å². The first-order chi connectivity index (χ1) is 9.36. The van der Waals surface area contributed by atoms with Gasteiger partial charge in [0.2, 0.25) is 0 Å². The summed E-state index contributed by atoms with van der Waals surface area (Å²) in [5, 5.41) is -0.0574. The van der Waals surface area contributed by atoms with Crippen molar-refractivity contribution in [1.82, 2.24) is 9.08 Å². The molecule has 0 radical (unpaired) electrons. The highest BCUT2D eigenvalue weighted by Gasteiger charge is 2.32. The number of aromatic nitrogens is 2. The molecule has 0 spiro atoms. The van der Waals surface area contributed by atoms with Crippen molar-refractivity contribution < 1.29 is 4.39 Å². The van der Waals surface area contributed by atoms with E-state index in [1.165, 1.54) is 6.92 Å². The molecule has 5 nitrogen and oxygen atoms in total. The molecule has 3 rings (SSSR count). The summed E-state index contributed by atoms with van der Waals surface area (Å²) in [5.41, 5.74) is 0.0177. The molecule has 2 heterocycles. The molecule has 20 heavy (non-hydrogen) atoms. The van der Waals surface area contributed by atoms with Gasteiger partial charge < -0.3 is 5.84 Å². The van der Waals surface area contributed by atoms with Gasteiger partial charge in [0.05, 0.1) is 16.2 Å². The predicted molar refractivity (Wildman–Crippen MR) is 74.5 cm³/mol. The molecule has 0 atom stereocenters. The van der Waals surface area contributed by atoms with E-state index >= 15 is 0 Å². The average Bonchev–Trinajstić information content (AvgIpc) is 3.24. The quantitative estimate of drug-likeness (QED) is 0.810. The highest BCUT2D eigenvalue weighted by molar-refractivity contribution is 6.32. The SMILES string of the molecule is Cc1c(Cl)c(F)c(C)n2c(=O)n(N)c(=O)c(C3CC3)c12. The number of hydrogen-bond acceptors (Lipinski definition) is 3. The lowest BCUT2D eigenvalue weighted by molar-refractivity contribution is 0.598. The zero-order valence-corrected chi connectivity index (χ0v) is 11.8. The summed E-state index contributed by atoms with van der Waals surface area (Å²) in [6, 6.07) is 0. The smallest absolute Gasteiger partial charge is 0.332 e. The summed E-state index contributed by atoms with van der Waals surface area (Å²) >= 11 is 5.97. The maximum Gasteiger partial charge on any atom is 0.354 e. The van der Waals surface area contributed by atoms with E-state index in [9.17, 15) is 14.0 Å². The number of pyridine rings is 1. The number of halogens is 2. The molecule has 0 aliphatic heterocycles. The molecular weight excluding hydrogens is 285 g/mol. The van der Waals surface area contributed by atoms with Gasteiger partial charge in [-0.25, -0.2) is 9.18 Å². The Bertz CT molecular complexity index is 865. The first-order valence-corrected chi connectivity index (χ1v) is 6.65. The summed E-state index contributed by atoms with van der Waals surface area (Å²) in [5.74, 6) is 4.93. The molecule has 1 aliphatic carbocycles. The number of nitrogen functional groups attached to an aromatic ring is 1. The number of hydrogen-bond donors (Lipinski definition) is 1. The summed E-state index contributed by atoms with van der Waals surface area (Å²) in [6.07, 6.45) is 1.72. The van der Waals surface area contributed by atoms with Gasteiger partial charge in [-0.05, 0) is 38.2 Å². The Morgan fingerprint density at radius 3 is 2.45 bits per heavy atom. The Labute approximate surface area is 118 Å². The lowest BCUT2D eigenvalue weighted by Gasteiger charge is -2.15. The summed E-state index contributed by atoms with van der Waals surface area (Å²) in [4.78, 5) is 24.4. The molecule has 0 amide bonds. The minimum Gasteiger partial charge on any atom is -0.332 e. The highest BCUT2D eigenvalue weighted by Crippen LogP contribution is 2.41. The van der Waals surface area contributed by atoms with E-state index in [-0.39, 0.29) is 16.6 Å². The van der Waals surface area contributed by atoms with Crippen molar-refractivity contribution in [3.63, 3.8) is 0 Å². The monoisotopic (exact) mass is 297 g/mol. The van der Waals surface area contributed by atoms with Crippen LogP contribution in [0.3, 0.4) is 0 Å². The second-order valence-corrected chi connectivity index (χ2v) is 5.55. The van der Waals surface area contributed by atoms with Crippen LogP contribution in [0.2, 0.25) is 5.02 Å². The summed E-state index contributed by atoms with van der Waals surface area (Å²) < 4.78 is 15.7. The van der Waals surface area contributed by atoms with E-state index in [2.05, 4.69) is 0 Å². The van der Waals surface area contributed by atoms with Gasteiger partial charge in [-0.3, -0.25) is 9.20 Å². The molecule has 2 aromatic rings. The van der Waals surface area contributed by atoms with Crippen molar-refractivity contribution in [1.29, 1.82) is 0 Å². The lowest BCUT2D eigenvalue weighted by Crippen LogP contribution is -2.45. The lowest BCUT2D eigenvalue weighted by atomic mass is 10.1. The molecule has 7 heteroatoms. The van der Waals surface area contributed by atoms with E-state index < -0.39 is 17.1 Å². The van der Waals surface area contributed by atoms with Gasteiger partial charge >= 0.3 is 5.69 Å². The van der Waals surface area contributed by atoms with Crippen LogP contribution in [0.15, 0.2) is 9.59 Å². The van der Waals surface area contributed by atoms with Crippen molar-refractivity contribution >= 4 is 17.1 Å².